The minimum absolute atomic E-state index is 0.526. The first-order chi connectivity index (χ1) is 10.1. The van der Waals surface area contributed by atoms with Gasteiger partial charge in [-0.25, -0.2) is 0 Å². The summed E-state index contributed by atoms with van der Waals surface area (Å²) in [7, 11) is 0. The SMILES string of the molecule is CC1=CCOc2c1cc1c(COCCN)c(C)oc1c2C. The molecule has 0 atom stereocenters. The average Bonchev–Trinajstić information content (AvgIpc) is 2.78. The highest BCUT2D eigenvalue weighted by Gasteiger charge is 2.21. The van der Waals surface area contributed by atoms with Crippen molar-refractivity contribution in [1.82, 2.24) is 0 Å². The quantitative estimate of drug-likeness (QED) is 0.876. The van der Waals surface area contributed by atoms with Crippen molar-refractivity contribution in [2.75, 3.05) is 19.8 Å². The van der Waals surface area contributed by atoms with Crippen LogP contribution in [0.1, 0.15) is 29.4 Å². The molecule has 0 fully saturated rings. The van der Waals surface area contributed by atoms with Gasteiger partial charge >= 0.3 is 0 Å². The molecule has 0 amide bonds. The number of nitrogens with two attached hydrogens (primary N) is 1. The van der Waals surface area contributed by atoms with Crippen LogP contribution in [0.15, 0.2) is 16.6 Å². The summed E-state index contributed by atoms with van der Waals surface area (Å²) < 4.78 is 17.3. The minimum atomic E-state index is 0.526. The van der Waals surface area contributed by atoms with Crippen LogP contribution in [0.2, 0.25) is 0 Å². The van der Waals surface area contributed by atoms with E-state index in [1.807, 2.05) is 13.8 Å². The third-order valence-corrected chi connectivity index (χ3v) is 4.01. The Morgan fingerprint density at radius 2 is 2.10 bits per heavy atom. The lowest BCUT2D eigenvalue weighted by molar-refractivity contribution is 0.128. The van der Waals surface area contributed by atoms with Gasteiger partial charge in [-0.05, 0) is 38.5 Å². The largest absolute Gasteiger partial charge is 0.488 e. The fourth-order valence-electron chi connectivity index (χ4n) is 2.82. The van der Waals surface area contributed by atoms with Gasteiger partial charge in [0.05, 0.1) is 13.2 Å². The maximum atomic E-state index is 5.95. The Balaban J connectivity index is 2.14. The van der Waals surface area contributed by atoms with Gasteiger partial charge in [0.2, 0.25) is 0 Å². The highest BCUT2D eigenvalue weighted by atomic mass is 16.5. The Bertz CT molecular complexity index is 713. The van der Waals surface area contributed by atoms with Gasteiger partial charge in [0.25, 0.3) is 0 Å². The van der Waals surface area contributed by atoms with Crippen LogP contribution in [-0.4, -0.2) is 19.8 Å². The van der Waals surface area contributed by atoms with E-state index < -0.39 is 0 Å². The van der Waals surface area contributed by atoms with Gasteiger partial charge in [0.15, 0.2) is 0 Å². The molecule has 3 rings (SSSR count). The first-order valence-electron chi connectivity index (χ1n) is 7.26. The molecule has 21 heavy (non-hydrogen) atoms. The highest BCUT2D eigenvalue weighted by molar-refractivity contribution is 5.92. The van der Waals surface area contributed by atoms with Crippen molar-refractivity contribution in [2.24, 2.45) is 5.73 Å². The first kappa shape index (κ1) is 14.2. The van der Waals surface area contributed by atoms with Gasteiger partial charge in [-0.15, -0.1) is 0 Å². The van der Waals surface area contributed by atoms with E-state index in [2.05, 4.69) is 19.1 Å². The molecule has 2 heterocycles. The molecule has 0 bridgehead atoms. The molecule has 2 aromatic rings. The molecule has 0 aliphatic carbocycles. The molecule has 2 N–H and O–H groups in total. The van der Waals surface area contributed by atoms with Crippen molar-refractivity contribution in [3.8, 4) is 5.75 Å². The number of benzene rings is 1. The number of hydrogen-bond donors (Lipinski definition) is 1. The lowest BCUT2D eigenvalue weighted by atomic mass is 9.97. The zero-order valence-corrected chi connectivity index (χ0v) is 12.8. The Morgan fingerprint density at radius 1 is 1.29 bits per heavy atom. The van der Waals surface area contributed by atoms with Gasteiger partial charge in [-0.2, -0.15) is 0 Å². The first-order valence-corrected chi connectivity index (χ1v) is 7.26. The molecule has 112 valence electrons. The topological polar surface area (TPSA) is 57.6 Å². The molecule has 0 saturated heterocycles. The zero-order chi connectivity index (χ0) is 15.0. The molecule has 1 aliphatic heterocycles. The summed E-state index contributed by atoms with van der Waals surface area (Å²) in [5.41, 5.74) is 10.9. The Labute approximate surface area is 124 Å². The summed E-state index contributed by atoms with van der Waals surface area (Å²) in [5, 5.41) is 1.11. The molecule has 4 heteroatoms. The van der Waals surface area contributed by atoms with E-state index in [-0.39, 0.29) is 0 Å². The van der Waals surface area contributed by atoms with Crippen LogP contribution in [-0.2, 0) is 11.3 Å². The molecule has 1 aromatic carbocycles. The maximum Gasteiger partial charge on any atom is 0.141 e. The van der Waals surface area contributed by atoms with Gasteiger partial charge in [-0.1, -0.05) is 0 Å². The normalized spacial score (nSPS) is 14.0. The van der Waals surface area contributed by atoms with Crippen molar-refractivity contribution in [3.63, 3.8) is 0 Å². The van der Waals surface area contributed by atoms with Crippen molar-refractivity contribution < 1.29 is 13.9 Å². The Hall–Kier alpha value is -1.78. The standard InChI is InChI=1S/C17H21NO3/c1-10-4-6-20-16-11(2)17-14(8-13(10)16)15(12(3)21-17)9-19-7-5-18/h4,8H,5-7,9,18H2,1-3H3. The van der Waals surface area contributed by atoms with E-state index >= 15 is 0 Å². The van der Waals surface area contributed by atoms with E-state index in [0.717, 1.165) is 39.2 Å². The zero-order valence-electron chi connectivity index (χ0n) is 12.8. The van der Waals surface area contributed by atoms with Crippen molar-refractivity contribution >= 4 is 16.5 Å². The van der Waals surface area contributed by atoms with E-state index in [0.29, 0.717) is 26.4 Å². The highest BCUT2D eigenvalue weighted by Crippen LogP contribution is 2.40. The minimum Gasteiger partial charge on any atom is -0.488 e. The number of fused-ring (bicyclic) bond motifs is 2. The molecule has 4 nitrogen and oxygen atoms in total. The average molecular weight is 287 g/mol. The summed E-state index contributed by atoms with van der Waals surface area (Å²) in [6.45, 7) is 8.37. The number of hydrogen-bond acceptors (Lipinski definition) is 4. The van der Waals surface area contributed by atoms with E-state index in [1.165, 1.54) is 5.57 Å². The molecule has 1 aromatic heterocycles. The fourth-order valence-corrected chi connectivity index (χ4v) is 2.82. The van der Waals surface area contributed by atoms with Crippen LogP contribution in [0.25, 0.3) is 16.5 Å². The summed E-state index contributed by atoms with van der Waals surface area (Å²) in [5.74, 6) is 1.83. The van der Waals surface area contributed by atoms with E-state index in [1.54, 1.807) is 0 Å². The molecule has 0 radical (unpaired) electrons. The van der Waals surface area contributed by atoms with Gasteiger partial charge in [-0.3, -0.25) is 0 Å². The van der Waals surface area contributed by atoms with Crippen molar-refractivity contribution in [2.45, 2.75) is 27.4 Å². The van der Waals surface area contributed by atoms with Crippen molar-refractivity contribution in [1.29, 1.82) is 0 Å². The predicted octanol–water partition coefficient (Wildman–Crippen LogP) is 3.32. The molecule has 0 saturated carbocycles. The Kier molecular flexibility index (Phi) is 3.74. The summed E-state index contributed by atoms with van der Waals surface area (Å²) >= 11 is 0. The van der Waals surface area contributed by atoms with Gasteiger partial charge in [0, 0.05) is 28.6 Å². The van der Waals surface area contributed by atoms with Gasteiger partial charge in [0.1, 0.15) is 23.7 Å². The molecule has 1 aliphatic rings. The second-order valence-corrected chi connectivity index (χ2v) is 5.43. The van der Waals surface area contributed by atoms with E-state index in [4.69, 9.17) is 19.6 Å². The number of rotatable bonds is 4. The second kappa shape index (κ2) is 5.54. The van der Waals surface area contributed by atoms with Crippen LogP contribution in [0, 0.1) is 13.8 Å². The lowest BCUT2D eigenvalue weighted by Crippen LogP contribution is -2.08. The molecular weight excluding hydrogens is 266 g/mol. The summed E-state index contributed by atoms with van der Waals surface area (Å²) in [4.78, 5) is 0. The maximum absolute atomic E-state index is 5.95. The van der Waals surface area contributed by atoms with E-state index in [9.17, 15) is 0 Å². The Morgan fingerprint density at radius 3 is 2.86 bits per heavy atom. The number of aryl methyl sites for hydroxylation is 2. The smallest absolute Gasteiger partial charge is 0.141 e. The summed E-state index contributed by atoms with van der Waals surface area (Å²) in [6, 6.07) is 2.15. The molecule has 0 spiro atoms. The van der Waals surface area contributed by atoms with Crippen LogP contribution < -0.4 is 10.5 Å². The van der Waals surface area contributed by atoms with Gasteiger partial charge < -0.3 is 19.6 Å². The van der Waals surface area contributed by atoms with Crippen LogP contribution in [0.3, 0.4) is 0 Å². The van der Waals surface area contributed by atoms with Crippen molar-refractivity contribution in [3.05, 3.63) is 34.6 Å². The number of ether oxygens (including phenoxy) is 2. The van der Waals surface area contributed by atoms with Crippen LogP contribution in [0.4, 0.5) is 0 Å². The number of allylic oxidation sites excluding steroid dienone is 1. The second-order valence-electron chi connectivity index (χ2n) is 5.43. The molecular formula is C17H21NO3. The number of furan rings is 1. The van der Waals surface area contributed by atoms with Crippen LogP contribution >= 0.6 is 0 Å². The molecule has 0 unspecified atom stereocenters. The third-order valence-electron chi connectivity index (χ3n) is 4.01. The van der Waals surface area contributed by atoms with Crippen LogP contribution in [0.5, 0.6) is 5.75 Å². The monoisotopic (exact) mass is 287 g/mol. The third kappa shape index (κ3) is 2.34. The summed E-state index contributed by atoms with van der Waals surface area (Å²) in [6.07, 6.45) is 2.10. The lowest BCUT2D eigenvalue weighted by Gasteiger charge is -2.18. The fraction of sp³-hybridized carbons (Fsp3) is 0.412. The predicted molar refractivity (Wildman–Crippen MR) is 83.5 cm³/mol.